The van der Waals surface area contributed by atoms with Crippen LogP contribution in [0, 0.1) is 6.92 Å². The summed E-state index contributed by atoms with van der Waals surface area (Å²) in [5.74, 6) is 2.64. The normalized spacial score (nSPS) is 18.6. The van der Waals surface area contributed by atoms with Gasteiger partial charge in [-0.1, -0.05) is 0 Å². The third-order valence-electron chi connectivity index (χ3n) is 2.46. The minimum Gasteiger partial charge on any atom is -0.309 e. The lowest BCUT2D eigenvalue weighted by atomic mass is 10.1. The van der Waals surface area contributed by atoms with Gasteiger partial charge in [0.15, 0.2) is 0 Å². The monoisotopic (exact) mass is 228 g/mol. The molecule has 0 bridgehead atoms. The molecule has 0 aliphatic carbocycles. The summed E-state index contributed by atoms with van der Waals surface area (Å²) in [6.07, 6.45) is 4.63. The Hall–Kier alpha value is -0.0600. The van der Waals surface area contributed by atoms with Crippen LogP contribution in [0.2, 0.25) is 0 Å². The quantitative estimate of drug-likeness (QED) is 0.860. The van der Waals surface area contributed by atoms with Crippen LogP contribution in [-0.4, -0.2) is 22.5 Å². The Bertz CT molecular complexity index is 279. The van der Waals surface area contributed by atoms with E-state index in [1.165, 1.54) is 34.2 Å². The minimum atomic E-state index is 0.735. The first-order valence-electron chi connectivity index (χ1n) is 5.07. The maximum atomic E-state index is 4.25. The number of aromatic nitrogens is 1. The summed E-state index contributed by atoms with van der Waals surface area (Å²) < 4.78 is 0. The molecule has 0 saturated carbocycles. The highest BCUT2D eigenvalue weighted by Gasteiger charge is 2.12. The van der Waals surface area contributed by atoms with Crippen molar-refractivity contribution >= 4 is 23.1 Å². The third-order valence-corrected chi connectivity index (χ3v) is 4.42. The molecule has 2 rings (SSSR count). The second-order valence-electron chi connectivity index (χ2n) is 3.61. The van der Waals surface area contributed by atoms with E-state index in [9.17, 15) is 0 Å². The van der Waals surface area contributed by atoms with Crippen LogP contribution in [0.5, 0.6) is 0 Å². The van der Waals surface area contributed by atoms with Gasteiger partial charge in [-0.3, -0.25) is 0 Å². The van der Waals surface area contributed by atoms with E-state index >= 15 is 0 Å². The van der Waals surface area contributed by atoms with E-state index in [0.29, 0.717) is 0 Å². The van der Waals surface area contributed by atoms with Crippen LogP contribution in [0.1, 0.15) is 22.7 Å². The lowest BCUT2D eigenvalue weighted by Crippen LogP contribution is -2.31. The number of hydrogen-bond acceptors (Lipinski definition) is 4. The average molecular weight is 228 g/mol. The molecule has 2 nitrogen and oxygen atoms in total. The van der Waals surface area contributed by atoms with Gasteiger partial charge in [-0.2, -0.15) is 11.8 Å². The van der Waals surface area contributed by atoms with Crippen LogP contribution in [0.15, 0.2) is 6.20 Å². The van der Waals surface area contributed by atoms with Gasteiger partial charge in [0.2, 0.25) is 0 Å². The second-order valence-corrected chi connectivity index (χ2v) is 6.16. The van der Waals surface area contributed by atoms with Crippen LogP contribution >= 0.6 is 23.1 Å². The lowest BCUT2D eigenvalue weighted by Gasteiger charge is -2.22. The van der Waals surface area contributed by atoms with E-state index in [0.717, 1.165) is 12.6 Å². The molecule has 0 unspecified atom stereocenters. The fourth-order valence-corrected chi connectivity index (χ4v) is 3.49. The molecule has 2 heterocycles. The largest absolute Gasteiger partial charge is 0.309 e. The summed E-state index contributed by atoms with van der Waals surface area (Å²) in [5.41, 5.74) is 0. The smallest absolute Gasteiger partial charge is 0.0897 e. The number of thiazole rings is 1. The summed E-state index contributed by atoms with van der Waals surface area (Å²) in [4.78, 5) is 5.62. The van der Waals surface area contributed by atoms with E-state index < -0.39 is 0 Å². The van der Waals surface area contributed by atoms with Gasteiger partial charge in [-0.15, -0.1) is 11.3 Å². The van der Waals surface area contributed by atoms with Crippen molar-refractivity contribution < 1.29 is 0 Å². The Morgan fingerprint density at radius 1 is 1.50 bits per heavy atom. The fraction of sp³-hybridized carbons (Fsp3) is 0.700. The second kappa shape index (κ2) is 5.14. The highest BCUT2D eigenvalue weighted by atomic mass is 32.2. The van der Waals surface area contributed by atoms with E-state index in [1.807, 2.05) is 6.20 Å². The van der Waals surface area contributed by atoms with Crippen molar-refractivity contribution in [2.45, 2.75) is 32.4 Å². The first-order valence-corrected chi connectivity index (χ1v) is 7.04. The Kier molecular flexibility index (Phi) is 3.84. The summed E-state index contributed by atoms with van der Waals surface area (Å²) >= 11 is 3.87. The molecule has 1 N–H and O–H groups in total. The van der Waals surface area contributed by atoms with Crippen LogP contribution in [0.25, 0.3) is 0 Å². The van der Waals surface area contributed by atoms with Gasteiger partial charge in [-0.25, -0.2) is 4.98 Å². The van der Waals surface area contributed by atoms with Crippen molar-refractivity contribution in [3.05, 3.63) is 16.1 Å². The fourth-order valence-electron chi connectivity index (χ4n) is 1.63. The van der Waals surface area contributed by atoms with Gasteiger partial charge in [0.1, 0.15) is 0 Å². The molecule has 1 aromatic rings. The maximum Gasteiger partial charge on any atom is 0.0897 e. The molecule has 0 amide bonds. The molecular formula is C10H16N2S2. The molecular weight excluding hydrogens is 212 g/mol. The molecule has 1 aromatic heterocycles. The zero-order valence-corrected chi connectivity index (χ0v) is 10.1. The van der Waals surface area contributed by atoms with Crippen LogP contribution < -0.4 is 5.32 Å². The summed E-state index contributed by atoms with van der Waals surface area (Å²) in [6, 6.07) is 0.735. The molecule has 1 aliphatic heterocycles. The van der Waals surface area contributed by atoms with Crippen molar-refractivity contribution in [3.8, 4) is 0 Å². The van der Waals surface area contributed by atoms with E-state index in [2.05, 4.69) is 29.0 Å². The van der Waals surface area contributed by atoms with E-state index in [1.54, 1.807) is 11.3 Å². The number of nitrogens with one attached hydrogen (secondary N) is 1. The molecule has 4 heteroatoms. The van der Waals surface area contributed by atoms with Gasteiger partial charge in [0.05, 0.1) is 5.01 Å². The highest BCUT2D eigenvalue weighted by Crippen LogP contribution is 2.18. The van der Waals surface area contributed by atoms with Crippen molar-refractivity contribution in [1.82, 2.24) is 10.3 Å². The van der Waals surface area contributed by atoms with E-state index in [4.69, 9.17) is 0 Å². The molecule has 0 atom stereocenters. The van der Waals surface area contributed by atoms with Crippen LogP contribution in [0.4, 0.5) is 0 Å². The number of hydrogen-bond donors (Lipinski definition) is 1. The summed E-state index contributed by atoms with van der Waals surface area (Å²) in [7, 11) is 0. The zero-order valence-electron chi connectivity index (χ0n) is 8.45. The van der Waals surface area contributed by atoms with Gasteiger partial charge < -0.3 is 5.32 Å². The van der Waals surface area contributed by atoms with Crippen molar-refractivity contribution in [2.24, 2.45) is 0 Å². The molecule has 0 radical (unpaired) electrons. The molecule has 78 valence electrons. The maximum absolute atomic E-state index is 4.25. The zero-order chi connectivity index (χ0) is 9.80. The number of nitrogens with zero attached hydrogens (tertiary/aromatic N) is 1. The van der Waals surface area contributed by atoms with Gasteiger partial charge in [0.25, 0.3) is 0 Å². The van der Waals surface area contributed by atoms with Crippen LogP contribution in [0.3, 0.4) is 0 Å². The first kappa shape index (κ1) is 10.5. The van der Waals surface area contributed by atoms with Crippen molar-refractivity contribution in [1.29, 1.82) is 0 Å². The van der Waals surface area contributed by atoms with E-state index in [-0.39, 0.29) is 0 Å². The molecule has 1 saturated heterocycles. The lowest BCUT2D eigenvalue weighted by molar-refractivity contribution is 0.484. The summed E-state index contributed by atoms with van der Waals surface area (Å²) in [5, 5.41) is 4.78. The van der Waals surface area contributed by atoms with Crippen LogP contribution in [-0.2, 0) is 6.54 Å². The molecule has 14 heavy (non-hydrogen) atoms. The topological polar surface area (TPSA) is 24.9 Å². The number of aryl methyl sites for hydroxylation is 1. The number of thioether (sulfide) groups is 1. The summed E-state index contributed by atoms with van der Waals surface area (Å²) in [6.45, 7) is 3.06. The predicted octanol–water partition coefficient (Wildman–Crippen LogP) is 2.44. The minimum absolute atomic E-state index is 0.735. The predicted molar refractivity (Wildman–Crippen MR) is 64.0 cm³/mol. The average Bonchev–Trinajstić information content (AvgIpc) is 2.63. The Labute approximate surface area is 93.5 Å². The van der Waals surface area contributed by atoms with Gasteiger partial charge >= 0.3 is 0 Å². The Morgan fingerprint density at radius 2 is 2.29 bits per heavy atom. The van der Waals surface area contributed by atoms with Gasteiger partial charge in [0, 0.05) is 23.7 Å². The third kappa shape index (κ3) is 2.97. The highest BCUT2D eigenvalue weighted by molar-refractivity contribution is 7.99. The SMILES string of the molecule is Cc1ncc(CNC2CCSCC2)s1. The van der Waals surface area contributed by atoms with Crippen molar-refractivity contribution in [2.75, 3.05) is 11.5 Å². The molecule has 1 aliphatic rings. The first-order chi connectivity index (χ1) is 6.84. The molecule has 0 aromatic carbocycles. The van der Waals surface area contributed by atoms with Crippen molar-refractivity contribution in [3.63, 3.8) is 0 Å². The standard InChI is InChI=1S/C10H16N2S2/c1-8-11-6-10(14-8)7-12-9-2-4-13-5-3-9/h6,9,12H,2-5,7H2,1H3. The molecule has 0 spiro atoms. The Morgan fingerprint density at radius 3 is 2.93 bits per heavy atom. The molecule has 1 fully saturated rings. The Balaban J connectivity index is 1.76. The number of rotatable bonds is 3. The van der Waals surface area contributed by atoms with Gasteiger partial charge in [-0.05, 0) is 31.3 Å².